The largest absolute Gasteiger partial charge is 0.355 e. The molecule has 8 heteroatoms. The Morgan fingerprint density at radius 3 is 2.37 bits per heavy atom. The summed E-state index contributed by atoms with van der Waals surface area (Å²) in [5.74, 6) is 0.797. The van der Waals surface area contributed by atoms with Crippen molar-refractivity contribution in [3.8, 4) is 0 Å². The molecule has 0 aliphatic carbocycles. The zero-order valence-corrected chi connectivity index (χ0v) is 17.2. The lowest BCUT2D eigenvalue weighted by Gasteiger charge is -2.34. The zero-order chi connectivity index (χ0) is 19.7. The molecule has 27 heavy (non-hydrogen) atoms. The van der Waals surface area contributed by atoms with Gasteiger partial charge in [-0.25, -0.2) is 13.4 Å². The number of hydrogen-bond donors (Lipinski definition) is 1. The van der Waals surface area contributed by atoms with Crippen LogP contribution in [0.5, 0.6) is 0 Å². The first-order valence-electron chi connectivity index (χ1n) is 9.89. The number of aromatic nitrogens is 1. The molecule has 1 aromatic rings. The maximum Gasteiger partial charge on any atom is 0.223 e. The molecule has 1 aliphatic heterocycles. The Hall–Kier alpha value is -1.67. The van der Waals surface area contributed by atoms with E-state index in [4.69, 9.17) is 0 Å². The quantitative estimate of drug-likeness (QED) is 0.653. The van der Waals surface area contributed by atoms with Crippen LogP contribution in [-0.2, 0) is 14.8 Å². The number of nitrogens with one attached hydrogen (secondary N) is 1. The lowest BCUT2D eigenvalue weighted by molar-refractivity contribution is -0.125. The Balaban J connectivity index is 1.79. The van der Waals surface area contributed by atoms with Gasteiger partial charge in [0, 0.05) is 44.8 Å². The molecule has 1 N–H and O–H groups in total. The van der Waals surface area contributed by atoms with Crippen molar-refractivity contribution in [1.29, 1.82) is 0 Å². The van der Waals surface area contributed by atoms with Crippen LogP contribution in [-0.4, -0.2) is 62.1 Å². The fourth-order valence-corrected chi connectivity index (χ4v) is 4.75. The Morgan fingerprint density at radius 2 is 1.81 bits per heavy atom. The summed E-state index contributed by atoms with van der Waals surface area (Å²) in [6.45, 7) is 6.43. The Bertz CT molecular complexity index is 667. The highest BCUT2D eigenvalue weighted by Crippen LogP contribution is 2.15. The van der Waals surface area contributed by atoms with Crippen molar-refractivity contribution in [3.63, 3.8) is 0 Å². The molecule has 0 saturated carbocycles. The minimum absolute atomic E-state index is 0.00961. The van der Waals surface area contributed by atoms with Crippen LogP contribution < -0.4 is 10.2 Å². The van der Waals surface area contributed by atoms with Crippen LogP contribution in [0.4, 0.5) is 5.82 Å². The number of nitrogens with zero attached hydrogens (tertiary/aromatic N) is 3. The van der Waals surface area contributed by atoms with Crippen molar-refractivity contribution >= 4 is 21.7 Å². The molecule has 7 nitrogen and oxygen atoms in total. The molecule has 1 amide bonds. The first-order chi connectivity index (χ1) is 13.0. The number of carbonyl (C=O) groups excluding carboxylic acids is 1. The third kappa shape index (κ3) is 6.46. The minimum Gasteiger partial charge on any atom is -0.355 e. The molecular formula is C19H32N4O3S. The number of anilines is 1. The second-order valence-corrected chi connectivity index (χ2v) is 9.04. The van der Waals surface area contributed by atoms with Gasteiger partial charge in [0.15, 0.2) is 0 Å². The van der Waals surface area contributed by atoms with Gasteiger partial charge >= 0.3 is 0 Å². The summed E-state index contributed by atoms with van der Waals surface area (Å²) >= 11 is 0. The summed E-state index contributed by atoms with van der Waals surface area (Å²) in [4.78, 5) is 18.7. The van der Waals surface area contributed by atoms with E-state index < -0.39 is 10.0 Å². The smallest absolute Gasteiger partial charge is 0.223 e. The summed E-state index contributed by atoms with van der Waals surface area (Å²) in [5.41, 5.74) is 0. The molecule has 0 bridgehead atoms. The second-order valence-electron chi connectivity index (χ2n) is 6.96. The molecule has 2 rings (SSSR count). The number of amides is 1. The summed E-state index contributed by atoms with van der Waals surface area (Å²) in [5, 5.41) is 2.82. The van der Waals surface area contributed by atoms with Crippen LogP contribution in [0.25, 0.3) is 0 Å². The van der Waals surface area contributed by atoms with E-state index in [9.17, 15) is 13.2 Å². The van der Waals surface area contributed by atoms with Crippen LogP contribution in [0.1, 0.15) is 39.5 Å². The van der Waals surface area contributed by atoms with Gasteiger partial charge in [-0.15, -0.1) is 0 Å². The second kappa shape index (κ2) is 10.6. The molecule has 0 aromatic carbocycles. The van der Waals surface area contributed by atoms with Crippen LogP contribution >= 0.6 is 0 Å². The van der Waals surface area contributed by atoms with Gasteiger partial charge in [-0.1, -0.05) is 32.8 Å². The number of piperazine rings is 1. The van der Waals surface area contributed by atoms with E-state index in [0.717, 1.165) is 31.5 Å². The lowest BCUT2D eigenvalue weighted by atomic mass is 9.97. The van der Waals surface area contributed by atoms with Crippen LogP contribution in [0, 0.1) is 5.92 Å². The molecule has 1 fully saturated rings. The molecule has 0 spiro atoms. The van der Waals surface area contributed by atoms with E-state index in [1.54, 1.807) is 6.20 Å². The van der Waals surface area contributed by atoms with Crippen molar-refractivity contribution in [2.24, 2.45) is 5.92 Å². The standard InChI is InChI=1S/C19H32N4O3S/c1-3-7-17(8-4-2)19(24)21-11-16-27(25,26)23-14-12-22(13-15-23)18-9-5-6-10-20-18/h5-6,9-10,17H,3-4,7-8,11-16H2,1-2H3,(H,21,24). The first-order valence-corrected chi connectivity index (χ1v) is 11.5. The number of carbonyl (C=O) groups is 1. The number of pyridine rings is 1. The molecule has 1 saturated heterocycles. The van der Waals surface area contributed by atoms with Crippen molar-refractivity contribution < 1.29 is 13.2 Å². The van der Waals surface area contributed by atoms with Gasteiger partial charge < -0.3 is 10.2 Å². The van der Waals surface area contributed by atoms with Gasteiger partial charge in [-0.2, -0.15) is 4.31 Å². The van der Waals surface area contributed by atoms with Crippen molar-refractivity contribution in [2.75, 3.05) is 43.4 Å². The van der Waals surface area contributed by atoms with Gasteiger partial charge in [0.25, 0.3) is 0 Å². The highest BCUT2D eigenvalue weighted by atomic mass is 32.2. The SMILES string of the molecule is CCCC(CCC)C(=O)NCCS(=O)(=O)N1CCN(c2ccccn2)CC1. The van der Waals surface area contributed by atoms with Crippen molar-refractivity contribution in [3.05, 3.63) is 24.4 Å². The topological polar surface area (TPSA) is 82.6 Å². The zero-order valence-electron chi connectivity index (χ0n) is 16.4. The maximum atomic E-state index is 12.6. The van der Waals surface area contributed by atoms with Gasteiger partial charge in [-0.05, 0) is 25.0 Å². The van der Waals surface area contributed by atoms with Gasteiger partial charge in [0.05, 0.1) is 5.75 Å². The fourth-order valence-electron chi connectivity index (χ4n) is 3.42. The van der Waals surface area contributed by atoms with Crippen molar-refractivity contribution in [2.45, 2.75) is 39.5 Å². The minimum atomic E-state index is -3.36. The summed E-state index contributed by atoms with van der Waals surface area (Å²) in [6.07, 6.45) is 5.35. The van der Waals surface area contributed by atoms with E-state index in [2.05, 4.69) is 29.0 Å². The van der Waals surface area contributed by atoms with E-state index >= 15 is 0 Å². The van der Waals surface area contributed by atoms with Crippen LogP contribution in [0.3, 0.4) is 0 Å². The van der Waals surface area contributed by atoms with Gasteiger partial charge in [0.1, 0.15) is 5.82 Å². The molecule has 1 aromatic heterocycles. The summed E-state index contributed by atoms with van der Waals surface area (Å²) < 4.78 is 26.7. The summed E-state index contributed by atoms with van der Waals surface area (Å²) in [6, 6.07) is 5.73. The Labute approximate surface area is 163 Å². The average Bonchev–Trinajstić information content (AvgIpc) is 2.68. The molecule has 2 heterocycles. The third-order valence-electron chi connectivity index (χ3n) is 4.91. The molecule has 0 unspecified atom stereocenters. The highest BCUT2D eigenvalue weighted by Gasteiger charge is 2.27. The Kier molecular flexibility index (Phi) is 8.50. The van der Waals surface area contributed by atoms with Crippen LogP contribution in [0.2, 0.25) is 0 Å². The van der Waals surface area contributed by atoms with Crippen molar-refractivity contribution in [1.82, 2.24) is 14.6 Å². The van der Waals surface area contributed by atoms with Gasteiger partial charge in [0.2, 0.25) is 15.9 Å². The highest BCUT2D eigenvalue weighted by molar-refractivity contribution is 7.89. The maximum absolute atomic E-state index is 12.6. The molecule has 0 atom stereocenters. The number of hydrogen-bond acceptors (Lipinski definition) is 5. The molecule has 1 aliphatic rings. The van der Waals surface area contributed by atoms with E-state index in [1.807, 2.05) is 18.2 Å². The lowest BCUT2D eigenvalue weighted by Crippen LogP contribution is -2.50. The molecular weight excluding hydrogens is 364 g/mol. The van der Waals surface area contributed by atoms with Crippen LogP contribution in [0.15, 0.2) is 24.4 Å². The Morgan fingerprint density at radius 1 is 1.15 bits per heavy atom. The predicted molar refractivity (Wildman–Crippen MR) is 108 cm³/mol. The monoisotopic (exact) mass is 396 g/mol. The molecule has 152 valence electrons. The summed E-state index contributed by atoms with van der Waals surface area (Å²) in [7, 11) is -3.36. The third-order valence-corrected chi connectivity index (χ3v) is 6.78. The fraction of sp³-hybridized carbons (Fsp3) is 0.684. The van der Waals surface area contributed by atoms with E-state index in [0.29, 0.717) is 26.2 Å². The number of sulfonamides is 1. The first kappa shape index (κ1) is 21.6. The predicted octanol–water partition coefficient (Wildman–Crippen LogP) is 1.87. The average molecular weight is 397 g/mol. The molecule has 0 radical (unpaired) electrons. The van der Waals surface area contributed by atoms with E-state index in [1.165, 1.54) is 4.31 Å². The van der Waals surface area contributed by atoms with Gasteiger partial charge in [-0.3, -0.25) is 4.79 Å². The van der Waals surface area contributed by atoms with E-state index in [-0.39, 0.29) is 24.1 Å². The normalized spacial score (nSPS) is 15.9. The number of rotatable bonds is 10.